The molecule has 0 aliphatic carbocycles. The van der Waals surface area contributed by atoms with Gasteiger partial charge in [-0.15, -0.1) is 0 Å². The van der Waals surface area contributed by atoms with E-state index < -0.39 is 16.9 Å². The molecule has 0 saturated carbocycles. The first-order valence-corrected chi connectivity index (χ1v) is 5.68. The number of anilines is 1. The molecule has 1 rings (SSSR count). The van der Waals surface area contributed by atoms with Crippen molar-refractivity contribution in [1.82, 2.24) is 10.6 Å². The fourth-order valence-corrected chi connectivity index (χ4v) is 1.52. The van der Waals surface area contributed by atoms with Crippen molar-refractivity contribution in [1.29, 1.82) is 0 Å². The molecule has 9 nitrogen and oxygen atoms in total. The van der Waals surface area contributed by atoms with E-state index in [2.05, 4.69) is 16.1 Å². The Hall–Kier alpha value is -2.68. The Morgan fingerprint density at radius 2 is 2.05 bits per heavy atom. The van der Waals surface area contributed by atoms with E-state index in [1.165, 1.54) is 26.1 Å². The molecule has 0 aliphatic heterocycles. The van der Waals surface area contributed by atoms with E-state index in [0.29, 0.717) is 0 Å². The van der Waals surface area contributed by atoms with Crippen LogP contribution in [0.2, 0.25) is 0 Å². The summed E-state index contributed by atoms with van der Waals surface area (Å²) in [5, 5.41) is 15.5. The smallest absolute Gasteiger partial charge is 0.270 e. The van der Waals surface area contributed by atoms with E-state index in [4.69, 9.17) is 5.84 Å². The van der Waals surface area contributed by atoms with Crippen LogP contribution in [0.5, 0.6) is 0 Å². The van der Waals surface area contributed by atoms with Gasteiger partial charge in [0, 0.05) is 19.2 Å². The highest BCUT2D eigenvalue weighted by molar-refractivity contribution is 6.02. The van der Waals surface area contributed by atoms with Crippen LogP contribution in [0.15, 0.2) is 18.2 Å². The molecule has 1 aromatic rings. The van der Waals surface area contributed by atoms with Crippen molar-refractivity contribution in [2.45, 2.75) is 13.0 Å². The number of rotatable bonds is 5. The maximum absolute atomic E-state index is 12.0. The Bertz CT molecular complexity index is 546. The zero-order valence-corrected chi connectivity index (χ0v) is 11.0. The van der Waals surface area contributed by atoms with Crippen LogP contribution in [0, 0.1) is 10.1 Å². The van der Waals surface area contributed by atoms with Crippen molar-refractivity contribution in [3.05, 3.63) is 33.9 Å². The third kappa shape index (κ3) is 3.42. The standard InChI is InChI=1S/C11H15N5O4/c1-6(10(17)13-2)14-11(18)8-5-7(16(19)20)3-4-9(8)15-12/h3-6,15H,12H2,1-2H3,(H,13,17)(H,14,18). The summed E-state index contributed by atoms with van der Waals surface area (Å²) in [6.45, 7) is 1.49. The third-order valence-corrected chi connectivity index (χ3v) is 2.60. The van der Waals surface area contributed by atoms with Crippen LogP contribution in [0.25, 0.3) is 0 Å². The average Bonchev–Trinajstić information content (AvgIpc) is 2.45. The summed E-state index contributed by atoms with van der Waals surface area (Å²) >= 11 is 0. The minimum absolute atomic E-state index is 0.0162. The number of hydrogen-bond acceptors (Lipinski definition) is 6. The summed E-state index contributed by atoms with van der Waals surface area (Å²) < 4.78 is 0. The molecule has 0 aliphatic rings. The number of nitro groups is 1. The lowest BCUT2D eigenvalue weighted by molar-refractivity contribution is -0.384. The summed E-state index contributed by atoms with van der Waals surface area (Å²) in [6, 6.07) is 2.84. The van der Waals surface area contributed by atoms with Crippen molar-refractivity contribution in [2.75, 3.05) is 12.5 Å². The van der Waals surface area contributed by atoms with Gasteiger partial charge in [0.2, 0.25) is 5.91 Å². The molecule has 1 aromatic carbocycles. The number of benzene rings is 1. The molecule has 1 atom stereocenters. The summed E-state index contributed by atoms with van der Waals surface area (Å²) in [5.74, 6) is 4.23. The lowest BCUT2D eigenvalue weighted by atomic mass is 10.1. The largest absolute Gasteiger partial charge is 0.357 e. The van der Waals surface area contributed by atoms with Gasteiger partial charge in [-0.25, -0.2) is 0 Å². The number of nitrogens with one attached hydrogen (secondary N) is 3. The Morgan fingerprint density at radius 1 is 1.40 bits per heavy atom. The minimum Gasteiger partial charge on any atom is -0.357 e. The predicted octanol–water partition coefficient (Wildman–Crippen LogP) is -0.255. The van der Waals surface area contributed by atoms with Gasteiger partial charge in [0.05, 0.1) is 16.2 Å². The molecule has 0 bridgehead atoms. The Labute approximate surface area is 114 Å². The SMILES string of the molecule is CNC(=O)C(C)NC(=O)c1cc([N+](=O)[O-])ccc1NN. The van der Waals surface area contributed by atoms with Crippen molar-refractivity contribution in [2.24, 2.45) is 5.84 Å². The zero-order valence-electron chi connectivity index (χ0n) is 11.0. The van der Waals surface area contributed by atoms with E-state index in [1.54, 1.807) is 0 Å². The molecule has 5 N–H and O–H groups in total. The molecule has 0 spiro atoms. The molecular formula is C11H15N5O4. The van der Waals surface area contributed by atoms with Gasteiger partial charge in [0.15, 0.2) is 0 Å². The summed E-state index contributed by atoms with van der Waals surface area (Å²) in [6.07, 6.45) is 0. The predicted molar refractivity (Wildman–Crippen MR) is 71.9 cm³/mol. The molecule has 0 radical (unpaired) electrons. The number of carbonyl (C=O) groups is 2. The van der Waals surface area contributed by atoms with Gasteiger partial charge in [0.1, 0.15) is 6.04 Å². The van der Waals surface area contributed by atoms with E-state index in [-0.39, 0.29) is 22.8 Å². The number of non-ortho nitro benzene ring substituents is 1. The maximum atomic E-state index is 12.0. The topological polar surface area (TPSA) is 139 Å². The van der Waals surface area contributed by atoms with Gasteiger partial charge in [-0.3, -0.25) is 25.5 Å². The van der Waals surface area contributed by atoms with Gasteiger partial charge >= 0.3 is 0 Å². The zero-order chi connectivity index (χ0) is 15.3. The summed E-state index contributed by atoms with van der Waals surface area (Å²) in [7, 11) is 1.44. The first-order valence-electron chi connectivity index (χ1n) is 5.68. The second-order valence-corrected chi connectivity index (χ2v) is 3.94. The van der Waals surface area contributed by atoms with Crippen molar-refractivity contribution < 1.29 is 14.5 Å². The molecule has 0 fully saturated rings. The van der Waals surface area contributed by atoms with Gasteiger partial charge < -0.3 is 16.1 Å². The maximum Gasteiger partial charge on any atom is 0.270 e. The second kappa shape index (κ2) is 6.48. The van der Waals surface area contributed by atoms with Gasteiger partial charge in [-0.2, -0.15) is 0 Å². The highest BCUT2D eigenvalue weighted by atomic mass is 16.6. The van der Waals surface area contributed by atoms with Crippen LogP contribution in [0.4, 0.5) is 11.4 Å². The van der Waals surface area contributed by atoms with Crippen LogP contribution < -0.4 is 21.9 Å². The van der Waals surface area contributed by atoms with E-state index in [1.807, 2.05) is 0 Å². The Kier molecular flexibility index (Phi) is 4.98. The van der Waals surface area contributed by atoms with Gasteiger partial charge in [0.25, 0.3) is 11.6 Å². The van der Waals surface area contributed by atoms with E-state index in [0.717, 1.165) is 6.07 Å². The lowest BCUT2D eigenvalue weighted by Gasteiger charge is -2.14. The number of nitrogen functional groups attached to an aromatic ring is 1. The molecule has 0 aromatic heterocycles. The van der Waals surface area contributed by atoms with E-state index in [9.17, 15) is 19.7 Å². The van der Waals surface area contributed by atoms with Crippen molar-refractivity contribution >= 4 is 23.2 Å². The molecule has 0 heterocycles. The Balaban J connectivity index is 3.04. The number of nitro benzene ring substituents is 1. The molecule has 9 heteroatoms. The number of nitrogens with two attached hydrogens (primary N) is 1. The first-order chi connectivity index (χ1) is 9.40. The highest BCUT2D eigenvalue weighted by Crippen LogP contribution is 2.21. The molecular weight excluding hydrogens is 266 g/mol. The fraction of sp³-hybridized carbons (Fsp3) is 0.273. The first kappa shape index (κ1) is 15.4. The number of amides is 2. The normalized spacial score (nSPS) is 11.3. The minimum atomic E-state index is -0.780. The van der Waals surface area contributed by atoms with Crippen LogP contribution in [0.1, 0.15) is 17.3 Å². The monoisotopic (exact) mass is 281 g/mol. The van der Waals surface area contributed by atoms with Crippen LogP contribution in [-0.2, 0) is 4.79 Å². The number of hydrazine groups is 1. The summed E-state index contributed by atoms with van der Waals surface area (Å²) in [5.41, 5.74) is 2.23. The second-order valence-electron chi connectivity index (χ2n) is 3.94. The molecule has 0 saturated heterocycles. The highest BCUT2D eigenvalue weighted by Gasteiger charge is 2.20. The summed E-state index contributed by atoms with van der Waals surface area (Å²) in [4.78, 5) is 33.4. The molecule has 1 unspecified atom stereocenters. The van der Waals surface area contributed by atoms with Crippen molar-refractivity contribution in [3.8, 4) is 0 Å². The number of hydrogen-bond donors (Lipinski definition) is 4. The molecule has 2 amide bonds. The van der Waals surface area contributed by atoms with Crippen LogP contribution in [-0.4, -0.2) is 29.8 Å². The van der Waals surface area contributed by atoms with Crippen molar-refractivity contribution in [3.63, 3.8) is 0 Å². The number of nitrogens with zero attached hydrogens (tertiary/aromatic N) is 1. The van der Waals surface area contributed by atoms with Gasteiger partial charge in [-0.1, -0.05) is 0 Å². The fourth-order valence-electron chi connectivity index (χ4n) is 1.52. The third-order valence-electron chi connectivity index (χ3n) is 2.60. The number of likely N-dealkylation sites (N-methyl/N-ethyl adjacent to an activating group) is 1. The average molecular weight is 281 g/mol. The van der Waals surface area contributed by atoms with E-state index >= 15 is 0 Å². The van der Waals surface area contributed by atoms with Gasteiger partial charge in [-0.05, 0) is 13.0 Å². The number of carbonyl (C=O) groups excluding carboxylic acids is 2. The lowest BCUT2D eigenvalue weighted by Crippen LogP contribution is -2.43. The molecule has 20 heavy (non-hydrogen) atoms. The quantitative estimate of drug-likeness (QED) is 0.333. The molecule has 108 valence electrons. The van der Waals surface area contributed by atoms with Crippen LogP contribution in [0.3, 0.4) is 0 Å². The Morgan fingerprint density at radius 3 is 2.55 bits per heavy atom. The van der Waals surface area contributed by atoms with Crippen LogP contribution >= 0.6 is 0 Å².